The van der Waals surface area contributed by atoms with Crippen molar-refractivity contribution in [1.29, 1.82) is 0 Å². The number of allylic oxidation sites excluding steroid dienone is 16. The van der Waals surface area contributed by atoms with Gasteiger partial charge in [0.2, 0.25) is 0 Å². The van der Waals surface area contributed by atoms with Gasteiger partial charge in [-0.1, -0.05) is 259 Å². The largest absolute Gasteiger partial charge is 0.472 e. The highest BCUT2D eigenvalue weighted by atomic mass is 31.2. The molecule has 0 aliphatic heterocycles. The van der Waals surface area contributed by atoms with Crippen molar-refractivity contribution in [2.24, 2.45) is 5.73 Å². The first kappa shape index (κ1) is 71.9. The van der Waals surface area contributed by atoms with Gasteiger partial charge in [0.25, 0.3) is 0 Å². The summed E-state index contributed by atoms with van der Waals surface area (Å²) in [6.07, 6.45) is 80.5. The fraction of sp³-hybridized carbons (Fsp3) is 0.723. The minimum Gasteiger partial charge on any atom is -0.462 e. The monoisotopic (exact) mass is 1070 g/mol. The van der Waals surface area contributed by atoms with Gasteiger partial charge in [0.1, 0.15) is 6.61 Å². The number of nitrogens with two attached hydrogens (primary N) is 1. The second kappa shape index (κ2) is 60.2. The first-order valence-electron chi connectivity index (χ1n) is 30.7. The van der Waals surface area contributed by atoms with Crippen LogP contribution in [0.15, 0.2) is 97.2 Å². The first-order valence-corrected chi connectivity index (χ1v) is 32.2. The van der Waals surface area contributed by atoms with Crippen molar-refractivity contribution in [3.63, 3.8) is 0 Å². The highest BCUT2D eigenvalue weighted by molar-refractivity contribution is 7.47. The maximum absolute atomic E-state index is 12.7. The fourth-order valence-corrected chi connectivity index (χ4v) is 9.20. The van der Waals surface area contributed by atoms with E-state index in [-0.39, 0.29) is 32.6 Å². The molecular weight excluding hydrogens is 954 g/mol. The van der Waals surface area contributed by atoms with Crippen LogP contribution >= 0.6 is 7.82 Å². The zero-order valence-electron chi connectivity index (χ0n) is 48.3. The molecule has 0 radical (unpaired) electrons. The summed E-state index contributed by atoms with van der Waals surface area (Å²) in [4.78, 5) is 35.2. The van der Waals surface area contributed by atoms with Gasteiger partial charge in [0.05, 0.1) is 13.2 Å². The van der Waals surface area contributed by atoms with E-state index in [1.54, 1.807) is 0 Å². The van der Waals surface area contributed by atoms with Crippen LogP contribution in [0.2, 0.25) is 0 Å². The Morgan fingerprint density at radius 3 is 1.09 bits per heavy atom. The number of carbonyl (C=O) groups is 2. The van der Waals surface area contributed by atoms with E-state index in [1.807, 2.05) is 0 Å². The number of phosphoric acid groups is 1. The van der Waals surface area contributed by atoms with E-state index in [1.165, 1.54) is 141 Å². The summed E-state index contributed by atoms with van der Waals surface area (Å²) in [6, 6.07) is 0. The number of esters is 2. The second-order valence-corrected chi connectivity index (χ2v) is 21.6. The number of hydrogen-bond acceptors (Lipinski definition) is 8. The minimum absolute atomic E-state index is 0.0489. The molecule has 0 fully saturated rings. The summed E-state index contributed by atoms with van der Waals surface area (Å²) in [6.45, 7) is 3.60. The van der Waals surface area contributed by atoms with Crippen molar-refractivity contribution >= 4 is 19.8 Å². The normalized spacial score (nSPS) is 13.7. The van der Waals surface area contributed by atoms with Crippen molar-refractivity contribution in [3.8, 4) is 0 Å². The Balaban J connectivity index is 3.90. The SMILES string of the molecule is CC/C=C\C/C=C\C/C=C\C/C=C\C/C=C\CCCCCCCCCCCCCCCCCCCCCC(=O)OC(COC(=O)CCCCCCCC/C=C\C/C=C\C/C=C\CCCCC)COP(=O)(O)OCCN. The molecule has 2 atom stereocenters. The van der Waals surface area contributed by atoms with Crippen molar-refractivity contribution in [1.82, 2.24) is 0 Å². The third-order valence-electron chi connectivity index (χ3n) is 13.0. The molecule has 2 unspecified atom stereocenters. The molecule has 0 spiro atoms. The smallest absolute Gasteiger partial charge is 0.462 e. The number of hydrogen-bond donors (Lipinski definition) is 2. The Morgan fingerprint density at radius 1 is 0.413 bits per heavy atom. The molecule has 0 heterocycles. The summed E-state index contributed by atoms with van der Waals surface area (Å²) in [7, 11) is -4.39. The molecule has 0 amide bonds. The summed E-state index contributed by atoms with van der Waals surface area (Å²) in [5.41, 5.74) is 5.38. The number of ether oxygens (including phenoxy) is 2. The van der Waals surface area contributed by atoms with Crippen molar-refractivity contribution < 1.29 is 37.6 Å². The topological polar surface area (TPSA) is 134 Å². The Kier molecular flexibility index (Phi) is 57.7. The lowest BCUT2D eigenvalue weighted by molar-refractivity contribution is -0.161. The quantitative estimate of drug-likeness (QED) is 0.0264. The third kappa shape index (κ3) is 60.0. The van der Waals surface area contributed by atoms with Gasteiger partial charge < -0.3 is 20.1 Å². The molecule has 10 heteroatoms. The Bertz CT molecular complexity index is 1550. The van der Waals surface area contributed by atoms with E-state index in [0.717, 1.165) is 89.9 Å². The molecule has 0 aliphatic rings. The molecule has 0 aliphatic carbocycles. The maximum atomic E-state index is 12.7. The van der Waals surface area contributed by atoms with Gasteiger partial charge in [-0.3, -0.25) is 18.6 Å². The predicted molar refractivity (Wildman–Crippen MR) is 321 cm³/mol. The van der Waals surface area contributed by atoms with Gasteiger partial charge >= 0.3 is 19.8 Å². The molecule has 9 nitrogen and oxygen atoms in total. The molecule has 75 heavy (non-hydrogen) atoms. The first-order chi connectivity index (χ1) is 36.8. The van der Waals surface area contributed by atoms with E-state index in [2.05, 4.69) is 111 Å². The average molecular weight is 1070 g/mol. The standard InChI is InChI=1S/C65H114NO8P/c1-3-5-7-9-11-13-15-17-19-21-23-24-25-26-27-28-29-30-31-32-33-34-35-36-37-38-40-42-44-46-48-50-52-54-56-58-65(68)74-63(62-73-75(69,70)72-60-59-66)61-71-64(67)57-55-53-51-49-47-45-43-41-39-22-20-18-16-14-12-10-8-6-4-2/h5,7,11-14,17-20,23-24,26-27,39,41,63H,3-4,6,8-10,15-16,21-22,25,28-38,40,42-62,66H2,1-2H3,(H,69,70)/b7-5-,13-11-,14-12-,19-17-,20-18-,24-23-,27-26-,41-39-. The minimum atomic E-state index is -4.39. The molecular formula is C65H114NO8P. The second-order valence-electron chi connectivity index (χ2n) is 20.2. The van der Waals surface area contributed by atoms with E-state index in [9.17, 15) is 19.0 Å². The molecule has 3 N–H and O–H groups in total. The van der Waals surface area contributed by atoms with Crippen LogP contribution in [0.1, 0.15) is 271 Å². The highest BCUT2D eigenvalue weighted by Crippen LogP contribution is 2.43. The highest BCUT2D eigenvalue weighted by Gasteiger charge is 2.26. The molecule has 0 saturated heterocycles. The molecule has 0 saturated carbocycles. The average Bonchev–Trinajstić information content (AvgIpc) is 3.40. The van der Waals surface area contributed by atoms with Crippen molar-refractivity contribution in [2.75, 3.05) is 26.4 Å². The van der Waals surface area contributed by atoms with E-state index in [4.69, 9.17) is 24.3 Å². The number of unbranched alkanes of at least 4 members (excludes halogenated alkanes) is 28. The van der Waals surface area contributed by atoms with Crippen LogP contribution in [0.5, 0.6) is 0 Å². The Morgan fingerprint density at radius 2 is 0.733 bits per heavy atom. The van der Waals surface area contributed by atoms with Crippen molar-refractivity contribution in [2.45, 2.75) is 277 Å². The van der Waals surface area contributed by atoms with Crippen molar-refractivity contribution in [3.05, 3.63) is 97.2 Å². The van der Waals surface area contributed by atoms with Crippen LogP contribution < -0.4 is 5.73 Å². The Hall–Kier alpha value is -3.07. The van der Waals surface area contributed by atoms with Crippen LogP contribution in [0.3, 0.4) is 0 Å². The molecule has 0 aromatic heterocycles. The molecule has 0 aromatic carbocycles. The van der Waals surface area contributed by atoms with Crippen LogP contribution in [0, 0.1) is 0 Å². The predicted octanol–water partition coefficient (Wildman–Crippen LogP) is 19.6. The molecule has 0 rings (SSSR count). The van der Waals surface area contributed by atoms with Crippen LogP contribution in [-0.2, 0) is 32.7 Å². The summed E-state index contributed by atoms with van der Waals surface area (Å²) < 4.78 is 33.0. The molecule has 0 bridgehead atoms. The van der Waals surface area contributed by atoms with Gasteiger partial charge in [0.15, 0.2) is 6.10 Å². The zero-order valence-corrected chi connectivity index (χ0v) is 49.2. The fourth-order valence-electron chi connectivity index (χ4n) is 8.44. The van der Waals surface area contributed by atoms with Crippen LogP contribution in [0.25, 0.3) is 0 Å². The Labute approximate surface area is 461 Å². The lowest BCUT2D eigenvalue weighted by Gasteiger charge is -2.19. The number of rotatable bonds is 57. The lowest BCUT2D eigenvalue weighted by Crippen LogP contribution is -2.29. The van der Waals surface area contributed by atoms with Gasteiger partial charge in [-0.25, -0.2) is 4.57 Å². The summed E-state index contributed by atoms with van der Waals surface area (Å²) >= 11 is 0. The molecule has 0 aromatic rings. The lowest BCUT2D eigenvalue weighted by atomic mass is 10.0. The van der Waals surface area contributed by atoms with E-state index < -0.39 is 32.5 Å². The van der Waals surface area contributed by atoms with Crippen LogP contribution in [-0.4, -0.2) is 49.3 Å². The van der Waals surface area contributed by atoms with Gasteiger partial charge in [0, 0.05) is 19.4 Å². The van der Waals surface area contributed by atoms with E-state index >= 15 is 0 Å². The van der Waals surface area contributed by atoms with Crippen LogP contribution in [0.4, 0.5) is 0 Å². The third-order valence-corrected chi connectivity index (χ3v) is 13.9. The zero-order chi connectivity index (χ0) is 54.5. The van der Waals surface area contributed by atoms with Gasteiger partial charge in [-0.2, -0.15) is 0 Å². The van der Waals surface area contributed by atoms with E-state index in [0.29, 0.717) is 12.8 Å². The number of carbonyl (C=O) groups excluding carboxylic acids is 2. The van der Waals surface area contributed by atoms with Gasteiger partial charge in [-0.05, 0) is 96.3 Å². The van der Waals surface area contributed by atoms with Gasteiger partial charge in [-0.15, -0.1) is 0 Å². The number of phosphoric ester groups is 1. The molecule has 432 valence electrons. The summed E-state index contributed by atoms with van der Waals surface area (Å²) in [5.74, 6) is -0.838. The maximum Gasteiger partial charge on any atom is 0.472 e. The summed E-state index contributed by atoms with van der Waals surface area (Å²) in [5, 5.41) is 0.